The Morgan fingerprint density at radius 3 is 2.41 bits per heavy atom. The molecule has 11 heteroatoms. The average Bonchev–Trinajstić information content (AvgIpc) is 2.56. The SMILES string of the molecule is COc1c(Cl)cc(Cl)cc1C(=O)NC(=S)Nc1c(Br)cc(Br)cc1C(=O)O. The first kappa shape index (κ1) is 21.9. The van der Waals surface area contributed by atoms with Crippen LogP contribution < -0.4 is 15.4 Å². The molecule has 142 valence electrons. The number of halogens is 4. The Morgan fingerprint density at radius 2 is 1.81 bits per heavy atom. The minimum atomic E-state index is -1.17. The maximum atomic E-state index is 12.5. The van der Waals surface area contributed by atoms with E-state index in [1.165, 1.54) is 25.3 Å². The van der Waals surface area contributed by atoms with E-state index in [0.29, 0.717) is 8.95 Å². The van der Waals surface area contributed by atoms with Crippen LogP contribution in [0.3, 0.4) is 0 Å². The minimum Gasteiger partial charge on any atom is -0.494 e. The van der Waals surface area contributed by atoms with Gasteiger partial charge in [-0.2, -0.15) is 0 Å². The van der Waals surface area contributed by atoms with Crippen molar-refractivity contribution in [1.82, 2.24) is 5.32 Å². The second-order valence-corrected chi connectivity index (χ2v) is 8.01. The monoisotopic (exact) mass is 554 g/mol. The van der Waals surface area contributed by atoms with Gasteiger partial charge < -0.3 is 15.2 Å². The number of methoxy groups -OCH3 is 1. The molecule has 0 aromatic heterocycles. The van der Waals surface area contributed by atoms with Crippen molar-refractivity contribution in [2.75, 3.05) is 12.4 Å². The summed E-state index contributed by atoms with van der Waals surface area (Å²) in [5, 5.41) is 14.8. The topological polar surface area (TPSA) is 87.7 Å². The van der Waals surface area contributed by atoms with Crippen molar-refractivity contribution < 1.29 is 19.4 Å². The first-order valence-corrected chi connectivity index (χ1v) is 9.76. The maximum absolute atomic E-state index is 12.5. The fourth-order valence-corrected chi connectivity index (χ4v) is 4.21. The van der Waals surface area contributed by atoms with Crippen molar-refractivity contribution >= 4 is 90.0 Å². The minimum absolute atomic E-state index is 0.0452. The van der Waals surface area contributed by atoms with Gasteiger partial charge in [-0.25, -0.2) is 4.79 Å². The van der Waals surface area contributed by atoms with Crippen molar-refractivity contribution in [3.8, 4) is 5.75 Å². The third-order valence-corrected chi connectivity index (χ3v) is 4.99. The van der Waals surface area contributed by atoms with Gasteiger partial charge in [0.05, 0.1) is 28.9 Å². The molecule has 2 aromatic rings. The quantitative estimate of drug-likeness (QED) is 0.440. The van der Waals surface area contributed by atoms with Crippen LogP contribution in [-0.4, -0.2) is 29.2 Å². The van der Waals surface area contributed by atoms with E-state index in [0.717, 1.165) is 0 Å². The van der Waals surface area contributed by atoms with Crippen molar-refractivity contribution in [3.05, 3.63) is 54.4 Å². The van der Waals surface area contributed by atoms with Crippen LogP contribution >= 0.6 is 67.3 Å². The molecule has 2 rings (SSSR count). The van der Waals surface area contributed by atoms with E-state index in [4.69, 9.17) is 40.2 Å². The fraction of sp³-hybridized carbons (Fsp3) is 0.0625. The molecule has 1 amide bonds. The van der Waals surface area contributed by atoms with Crippen LogP contribution in [0.2, 0.25) is 10.0 Å². The summed E-state index contributed by atoms with van der Waals surface area (Å²) in [6, 6.07) is 5.86. The molecule has 0 heterocycles. The lowest BCUT2D eigenvalue weighted by Gasteiger charge is -2.15. The lowest BCUT2D eigenvalue weighted by atomic mass is 10.1. The van der Waals surface area contributed by atoms with Gasteiger partial charge in [-0.3, -0.25) is 10.1 Å². The second kappa shape index (κ2) is 9.20. The highest BCUT2D eigenvalue weighted by atomic mass is 79.9. The summed E-state index contributed by atoms with van der Waals surface area (Å²) in [5.41, 5.74) is 0.218. The molecular formula is C16H10Br2Cl2N2O4S. The summed E-state index contributed by atoms with van der Waals surface area (Å²) in [5.74, 6) is -1.66. The summed E-state index contributed by atoms with van der Waals surface area (Å²) in [7, 11) is 1.36. The van der Waals surface area contributed by atoms with Crippen molar-refractivity contribution in [2.24, 2.45) is 0 Å². The van der Waals surface area contributed by atoms with E-state index in [1.807, 2.05) is 0 Å². The smallest absolute Gasteiger partial charge is 0.337 e. The van der Waals surface area contributed by atoms with Crippen molar-refractivity contribution in [2.45, 2.75) is 0 Å². The average molecular weight is 557 g/mol. The summed E-state index contributed by atoms with van der Waals surface area (Å²) in [6.07, 6.45) is 0. The van der Waals surface area contributed by atoms with E-state index in [-0.39, 0.29) is 37.7 Å². The number of anilines is 1. The Labute approximate surface area is 186 Å². The Morgan fingerprint density at radius 1 is 1.15 bits per heavy atom. The number of nitrogens with one attached hydrogen (secondary N) is 2. The van der Waals surface area contributed by atoms with Gasteiger partial charge in [0.2, 0.25) is 0 Å². The van der Waals surface area contributed by atoms with E-state index in [1.54, 1.807) is 6.07 Å². The number of amides is 1. The normalized spacial score (nSPS) is 10.3. The van der Waals surface area contributed by atoms with Crippen LogP contribution in [0, 0.1) is 0 Å². The number of carbonyl (C=O) groups is 2. The fourth-order valence-electron chi connectivity index (χ4n) is 2.12. The molecular weight excluding hydrogens is 547 g/mol. The summed E-state index contributed by atoms with van der Waals surface area (Å²) in [4.78, 5) is 24.0. The Balaban J connectivity index is 2.28. The van der Waals surface area contributed by atoms with Crippen LogP contribution in [0.5, 0.6) is 5.75 Å². The van der Waals surface area contributed by atoms with Gasteiger partial charge in [-0.1, -0.05) is 39.1 Å². The second-order valence-electron chi connectivity index (χ2n) is 4.99. The van der Waals surface area contributed by atoms with Crippen molar-refractivity contribution in [3.63, 3.8) is 0 Å². The predicted molar refractivity (Wildman–Crippen MR) is 116 cm³/mol. The lowest BCUT2D eigenvalue weighted by molar-refractivity contribution is 0.0697. The predicted octanol–water partition coefficient (Wildman–Crippen LogP) is 5.35. The molecule has 3 N–H and O–H groups in total. The van der Waals surface area contributed by atoms with E-state index in [2.05, 4.69) is 42.5 Å². The maximum Gasteiger partial charge on any atom is 0.337 e. The molecule has 0 radical (unpaired) electrons. The van der Waals surface area contributed by atoms with Crippen LogP contribution in [0.25, 0.3) is 0 Å². The largest absolute Gasteiger partial charge is 0.494 e. The molecule has 0 aliphatic carbocycles. The van der Waals surface area contributed by atoms with Gasteiger partial charge in [0.15, 0.2) is 5.11 Å². The Bertz CT molecular complexity index is 957. The standard InChI is InChI=1S/C16H10Br2Cl2N2O4S/c1-26-13-9(4-7(19)5-11(13)20)14(23)22-16(27)21-12-8(15(24)25)2-6(17)3-10(12)18/h2-5H,1H3,(H,24,25)(H2,21,22,23,27). The van der Waals surface area contributed by atoms with Gasteiger partial charge in [0, 0.05) is 14.0 Å². The van der Waals surface area contributed by atoms with E-state index < -0.39 is 11.9 Å². The molecule has 0 aliphatic heterocycles. The lowest BCUT2D eigenvalue weighted by Crippen LogP contribution is -2.35. The highest BCUT2D eigenvalue weighted by Crippen LogP contribution is 2.33. The molecule has 0 saturated heterocycles. The third kappa shape index (κ3) is 5.32. The number of carboxylic acid groups (broad SMARTS) is 1. The molecule has 0 atom stereocenters. The number of carboxylic acids is 1. The zero-order valence-corrected chi connectivity index (χ0v) is 18.9. The first-order valence-electron chi connectivity index (χ1n) is 7.01. The molecule has 0 unspecified atom stereocenters. The van der Waals surface area contributed by atoms with E-state index >= 15 is 0 Å². The van der Waals surface area contributed by atoms with Gasteiger partial charge >= 0.3 is 5.97 Å². The summed E-state index contributed by atoms with van der Waals surface area (Å²) >= 11 is 23.6. The highest BCUT2D eigenvalue weighted by molar-refractivity contribution is 9.11. The van der Waals surface area contributed by atoms with Gasteiger partial charge in [-0.05, 0) is 52.4 Å². The molecule has 27 heavy (non-hydrogen) atoms. The zero-order valence-electron chi connectivity index (χ0n) is 13.4. The zero-order chi connectivity index (χ0) is 20.3. The first-order chi connectivity index (χ1) is 12.6. The number of aromatic carboxylic acids is 1. The van der Waals surface area contributed by atoms with Crippen LogP contribution in [0.1, 0.15) is 20.7 Å². The molecule has 0 saturated carbocycles. The molecule has 6 nitrogen and oxygen atoms in total. The Hall–Kier alpha value is -1.39. The molecule has 0 bridgehead atoms. The number of carbonyl (C=O) groups excluding carboxylic acids is 1. The number of hydrogen-bond acceptors (Lipinski definition) is 4. The number of rotatable bonds is 4. The molecule has 0 spiro atoms. The van der Waals surface area contributed by atoms with Gasteiger partial charge in [0.1, 0.15) is 5.75 Å². The molecule has 2 aromatic carbocycles. The number of ether oxygens (including phenoxy) is 1. The summed E-state index contributed by atoms with van der Waals surface area (Å²) < 4.78 is 6.13. The third-order valence-electron chi connectivity index (χ3n) is 3.21. The summed E-state index contributed by atoms with van der Waals surface area (Å²) in [6.45, 7) is 0. The number of benzene rings is 2. The number of hydrogen-bond donors (Lipinski definition) is 3. The van der Waals surface area contributed by atoms with Gasteiger partial charge in [-0.15, -0.1) is 0 Å². The molecule has 0 fully saturated rings. The van der Waals surface area contributed by atoms with Gasteiger partial charge in [0.25, 0.3) is 5.91 Å². The van der Waals surface area contributed by atoms with Crippen LogP contribution in [0.4, 0.5) is 5.69 Å². The van der Waals surface area contributed by atoms with Crippen LogP contribution in [-0.2, 0) is 0 Å². The van der Waals surface area contributed by atoms with E-state index in [9.17, 15) is 14.7 Å². The van der Waals surface area contributed by atoms with Crippen molar-refractivity contribution in [1.29, 1.82) is 0 Å². The number of thiocarbonyl (C=S) groups is 1. The Kier molecular flexibility index (Phi) is 7.47. The molecule has 0 aliphatic rings. The highest BCUT2D eigenvalue weighted by Gasteiger charge is 2.20. The van der Waals surface area contributed by atoms with Crippen LogP contribution in [0.15, 0.2) is 33.2 Å².